The topological polar surface area (TPSA) is 25.2 Å². The number of aryl methyl sites for hydroxylation is 1. The van der Waals surface area contributed by atoms with Crippen LogP contribution in [0.2, 0.25) is 0 Å². The van der Waals surface area contributed by atoms with Gasteiger partial charge in [-0.3, -0.25) is 0 Å². The fourth-order valence-electron chi connectivity index (χ4n) is 1.96. The molecule has 0 aliphatic carbocycles. The first-order valence-corrected chi connectivity index (χ1v) is 6.54. The molecule has 2 rings (SSSR count). The summed E-state index contributed by atoms with van der Waals surface area (Å²) in [5.74, 6) is 0. The van der Waals surface area contributed by atoms with Crippen molar-refractivity contribution >= 4 is 15.9 Å². The van der Waals surface area contributed by atoms with Crippen LogP contribution in [0.25, 0.3) is 0 Å². The molecule has 1 aromatic carbocycles. The predicted molar refractivity (Wildman–Crippen MR) is 73.0 cm³/mol. The highest BCUT2D eigenvalue weighted by molar-refractivity contribution is 9.10. The molecule has 1 N–H and O–H groups in total. The van der Waals surface area contributed by atoms with Crippen molar-refractivity contribution in [2.75, 3.05) is 7.05 Å². The number of benzene rings is 1. The van der Waals surface area contributed by atoms with Crippen molar-refractivity contribution in [2.24, 2.45) is 0 Å². The van der Waals surface area contributed by atoms with Gasteiger partial charge in [0.25, 0.3) is 0 Å². The van der Waals surface area contributed by atoms with Crippen molar-refractivity contribution in [1.29, 1.82) is 0 Å². The van der Waals surface area contributed by atoms with Crippen molar-refractivity contribution in [3.8, 4) is 0 Å². The Balaban J connectivity index is 2.00. The minimum Gasteiger partial charge on any atom is -0.457 e. The Hall–Kier alpha value is -1.06. The summed E-state index contributed by atoms with van der Waals surface area (Å²) in [6.07, 6.45) is 3.83. The van der Waals surface area contributed by atoms with Gasteiger partial charge in [0, 0.05) is 11.6 Å². The first kappa shape index (κ1) is 12.4. The molecule has 0 saturated heterocycles. The van der Waals surface area contributed by atoms with Crippen molar-refractivity contribution in [3.05, 3.63) is 58.5 Å². The molecule has 1 unspecified atom stereocenters. The molecule has 0 saturated carbocycles. The average Bonchev–Trinajstić information content (AvgIpc) is 2.78. The summed E-state index contributed by atoms with van der Waals surface area (Å²) in [7, 11) is 1.98. The van der Waals surface area contributed by atoms with Gasteiger partial charge in [-0.15, -0.1) is 0 Å². The van der Waals surface area contributed by atoms with Crippen LogP contribution in [0.4, 0.5) is 0 Å². The zero-order valence-corrected chi connectivity index (χ0v) is 11.4. The lowest BCUT2D eigenvalue weighted by Gasteiger charge is -2.14. The summed E-state index contributed by atoms with van der Waals surface area (Å²) < 4.78 is 6.10. The van der Waals surface area contributed by atoms with E-state index in [9.17, 15) is 0 Å². The normalized spacial score (nSPS) is 12.6. The highest BCUT2D eigenvalue weighted by Crippen LogP contribution is 2.27. The number of nitrogens with one attached hydrogen (secondary N) is 1. The van der Waals surface area contributed by atoms with Crippen molar-refractivity contribution in [1.82, 2.24) is 5.32 Å². The number of rotatable bonds is 5. The maximum absolute atomic E-state index is 5.28. The second kappa shape index (κ2) is 6.03. The van der Waals surface area contributed by atoms with Gasteiger partial charge in [-0.2, -0.15) is 0 Å². The van der Waals surface area contributed by atoms with Gasteiger partial charge in [-0.05, 0) is 47.4 Å². The van der Waals surface area contributed by atoms with Crippen LogP contribution in [-0.2, 0) is 6.42 Å². The zero-order chi connectivity index (χ0) is 12.1. The van der Waals surface area contributed by atoms with Crippen molar-refractivity contribution in [2.45, 2.75) is 18.9 Å². The van der Waals surface area contributed by atoms with Crippen LogP contribution in [0, 0.1) is 0 Å². The molecule has 1 atom stereocenters. The first-order valence-electron chi connectivity index (χ1n) is 5.75. The lowest BCUT2D eigenvalue weighted by molar-refractivity contribution is 0.505. The Morgan fingerprint density at radius 3 is 2.59 bits per heavy atom. The molecule has 3 heteroatoms. The smallest absolute Gasteiger partial charge is 0.173 e. The van der Waals surface area contributed by atoms with Gasteiger partial charge >= 0.3 is 0 Å². The molecule has 0 spiro atoms. The molecule has 2 nitrogen and oxygen atoms in total. The van der Waals surface area contributed by atoms with Gasteiger partial charge in [-0.1, -0.05) is 30.3 Å². The summed E-state index contributed by atoms with van der Waals surface area (Å²) in [6.45, 7) is 0. The van der Waals surface area contributed by atoms with Crippen LogP contribution in [0.5, 0.6) is 0 Å². The summed E-state index contributed by atoms with van der Waals surface area (Å²) in [5, 5.41) is 3.33. The van der Waals surface area contributed by atoms with Gasteiger partial charge in [-0.25, -0.2) is 0 Å². The van der Waals surface area contributed by atoms with Gasteiger partial charge < -0.3 is 9.73 Å². The third-order valence-electron chi connectivity index (χ3n) is 2.93. The molecule has 0 aliphatic rings. The highest BCUT2D eigenvalue weighted by atomic mass is 79.9. The Morgan fingerprint density at radius 2 is 2.00 bits per heavy atom. The van der Waals surface area contributed by atoms with E-state index in [0.717, 1.165) is 17.5 Å². The molecule has 17 heavy (non-hydrogen) atoms. The zero-order valence-electron chi connectivity index (χ0n) is 9.82. The maximum Gasteiger partial charge on any atom is 0.173 e. The lowest BCUT2D eigenvalue weighted by Crippen LogP contribution is -2.16. The largest absolute Gasteiger partial charge is 0.457 e. The molecule has 0 amide bonds. The van der Waals surface area contributed by atoms with Crippen LogP contribution in [-0.4, -0.2) is 7.05 Å². The lowest BCUT2D eigenvalue weighted by atomic mass is 10.0. The summed E-state index contributed by atoms with van der Waals surface area (Å²) in [5.41, 5.74) is 2.55. The van der Waals surface area contributed by atoms with E-state index in [1.807, 2.05) is 19.2 Å². The standard InChI is InChI=1S/C14H16BrNO/c1-16-13(12-9-10-17-14(12)15)8-7-11-5-3-2-4-6-11/h2-6,9-10,13,16H,7-8H2,1H3. The van der Waals surface area contributed by atoms with Gasteiger partial charge in [0.05, 0.1) is 6.26 Å². The SMILES string of the molecule is CNC(CCc1ccccc1)c1ccoc1Br. The molecule has 0 fully saturated rings. The number of hydrogen-bond acceptors (Lipinski definition) is 2. The minimum atomic E-state index is 0.323. The predicted octanol–water partition coefficient (Wildman–Crippen LogP) is 3.94. The van der Waals surface area contributed by atoms with Crippen LogP contribution < -0.4 is 5.32 Å². The van der Waals surface area contributed by atoms with E-state index in [1.165, 1.54) is 11.1 Å². The Kier molecular flexibility index (Phi) is 4.40. The number of halogens is 1. The fraction of sp³-hybridized carbons (Fsp3) is 0.286. The molecule has 1 aromatic heterocycles. The Morgan fingerprint density at radius 1 is 1.24 bits per heavy atom. The van der Waals surface area contributed by atoms with E-state index >= 15 is 0 Å². The third kappa shape index (κ3) is 3.20. The van der Waals surface area contributed by atoms with Crippen LogP contribution in [0.15, 0.2) is 51.7 Å². The van der Waals surface area contributed by atoms with E-state index < -0.39 is 0 Å². The quantitative estimate of drug-likeness (QED) is 0.903. The molecular weight excluding hydrogens is 278 g/mol. The van der Waals surface area contributed by atoms with E-state index in [-0.39, 0.29) is 0 Å². The van der Waals surface area contributed by atoms with Crippen LogP contribution >= 0.6 is 15.9 Å². The van der Waals surface area contributed by atoms with Crippen molar-refractivity contribution < 1.29 is 4.42 Å². The summed E-state index contributed by atoms with van der Waals surface area (Å²) >= 11 is 3.43. The molecule has 90 valence electrons. The van der Waals surface area contributed by atoms with Gasteiger partial charge in [0.2, 0.25) is 0 Å². The van der Waals surface area contributed by atoms with Crippen LogP contribution in [0.1, 0.15) is 23.6 Å². The molecule has 0 bridgehead atoms. The maximum atomic E-state index is 5.28. The minimum absolute atomic E-state index is 0.323. The molecule has 0 aliphatic heterocycles. The summed E-state index contributed by atoms with van der Waals surface area (Å²) in [6, 6.07) is 12.9. The monoisotopic (exact) mass is 293 g/mol. The molecule has 0 radical (unpaired) electrons. The highest BCUT2D eigenvalue weighted by Gasteiger charge is 2.14. The number of hydrogen-bond donors (Lipinski definition) is 1. The first-order chi connectivity index (χ1) is 8.31. The third-order valence-corrected chi connectivity index (χ3v) is 3.58. The van der Waals surface area contributed by atoms with Crippen molar-refractivity contribution in [3.63, 3.8) is 0 Å². The van der Waals surface area contributed by atoms with E-state index in [2.05, 4.69) is 45.5 Å². The summed E-state index contributed by atoms with van der Waals surface area (Å²) in [4.78, 5) is 0. The molecular formula is C14H16BrNO. The number of furan rings is 1. The van der Waals surface area contributed by atoms with E-state index in [0.29, 0.717) is 6.04 Å². The Labute approximate surface area is 110 Å². The van der Waals surface area contributed by atoms with E-state index in [1.54, 1.807) is 6.26 Å². The fourth-order valence-corrected chi connectivity index (χ4v) is 2.48. The van der Waals surface area contributed by atoms with Gasteiger partial charge in [0.15, 0.2) is 4.67 Å². The average molecular weight is 294 g/mol. The Bertz CT molecular complexity index is 452. The molecule has 2 aromatic rings. The van der Waals surface area contributed by atoms with Gasteiger partial charge in [0.1, 0.15) is 0 Å². The van der Waals surface area contributed by atoms with Crippen LogP contribution in [0.3, 0.4) is 0 Å². The second-order valence-electron chi connectivity index (χ2n) is 4.02. The molecule has 1 heterocycles. The van der Waals surface area contributed by atoms with E-state index in [4.69, 9.17) is 4.42 Å². The second-order valence-corrected chi connectivity index (χ2v) is 4.74.